The lowest BCUT2D eigenvalue weighted by Gasteiger charge is -2.44. The van der Waals surface area contributed by atoms with Gasteiger partial charge in [-0.1, -0.05) is 73.4 Å². The van der Waals surface area contributed by atoms with Gasteiger partial charge in [-0.2, -0.15) is 0 Å². The first-order valence-corrected chi connectivity index (χ1v) is 14.5. The molecule has 1 N–H and O–H groups in total. The molecule has 0 amide bonds. The lowest BCUT2D eigenvalue weighted by molar-refractivity contribution is -0.119. The Kier molecular flexibility index (Phi) is 7.00. The molecule has 194 valence electrons. The van der Waals surface area contributed by atoms with E-state index >= 15 is 0 Å². The van der Waals surface area contributed by atoms with Crippen LogP contribution in [0.1, 0.15) is 70.4 Å². The zero-order chi connectivity index (χ0) is 26.7. The molecule has 5 rings (SSSR count). The van der Waals surface area contributed by atoms with Crippen molar-refractivity contribution in [3.63, 3.8) is 0 Å². The Hall–Kier alpha value is -1.89. The van der Waals surface area contributed by atoms with Crippen LogP contribution in [0, 0.1) is 10.8 Å². The van der Waals surface area contributed by atoms with E-state index in [1.165, 1.54) is 0 Å². The van der Waals surface area contributed by atoms with Crippen LogP contribution in [0.5, 0.6) is 5.75 Å². The monoisotopic (exact) mass is 645 g/mol. The minimum atomic E-state index is -0.492. The summed E-state index contributed by atoms with van der Waals surface area (Å²) in [7, 11) is 0. The number of hydrogen-bond donors (Lipinski definition) is 1. The maximum absolute atomic E-state index is 13.7. The van der Waals surface area contributed by atoms with Gasteiger partial charge in [-0.3, -0.25) is 9.59 Å². The van der Waals surface area contributed by atoms with Gasteiger partial charge in [-0.15, -0.1) is 0 Å². The highest BCUT2D eigenvalue weighted by molar-refractivity contribution is 9.11. The fourth-order valence-electron chi connectivity index (χ4n) is 5.91. The Morgan fingerprint density at radius 2 is 1.49 bits per heavy atom. The van der Waals surface area contributed by atoms with Gasteiger partial charge in [0.1, 0.15) is 12.4 Å². The third-order valence-electron chi connectivity index (χ3n) is 7.40. The van der Waals surface area contributed by atoms with E-state index in [0.717, 1.165) is 44.3 Å². The van der Waals surface area contributed by atoms with Crippen molar-refractivity contribution in [1.29, 1.82) is 0 Å². The van der Waals surface area contributed by atoms with Crippen molar-refractivity contribution < 1.29 is 14.3 Å². The Morgan fingerprint density at radius 3 is 2.05 bits per heavy atom. The number of allylic oxidation sites excluding steroid dienone is 4. The van der Waals surface area contributed by atoms with Crippen LogP contribution in [0.15, 0.2) is 67.9 Å². The number of benzene rings is 2. The molecule has 3 aliphatic rings. The molecule has 0 bridgehead atoms. The molecular formula is C30H30Br2ClNO3. The van der Waals surface area contributed by atoms with E-state index in [-0.39, 0.29) is 29.0 Å². The van der Waals surface area contributed by atoms with E-state index in [0.29, 0.717) is 34.8 Å². The molecule has 0 fully saturated rings. The van der Waals surface area contributed by atoms with Crippen LogP contribution in [0.25, 0.3) is 0 Å². The number of carbonyl (C=O) groups excluding carboxylic acids is 2. The molecule has 1 heterocycles. The quantitative estimate of drug-likeness (QED) is 0.362. The fraction of sp³-hybridized carbons (Fsp3) is 0.400. The van der Waals surface area contributed by atoms with Crippen molar-refractivity contribution >= 4 is 55.0 Å². The summed E-state index contributed by atoms with van der Waals surface area (Å²) in [6.07, 6.45) is 2.39. The molecule has 2 aliphatic carbocycles. The summed E-state index contributed by atoms with van der Waals surface area (Å²) >= 11 is 13.7. The molecule has 37 heavy (non-hydrogen) atoms. The van der Waals surface area contributed by atoms with Gasteiger partial charge in [-0.25, -0.2) is 0 Å². The van der Waals surface area contributed by atoms with E-state index in [1.54, 1.807) is 0 Å². The summed E-state index contributed by atoms with van der Waals surface area (Å²) in [5.41, 5.74) is 4.61. The molecule has 0 unspecified atom stereocenters. The van der Waals surface area contributed by atoms with Gasteiger partial charge in [-0.05, 0) is 57.8 Å². The highest BCUT2D eigenvalue weighted by Gasteiger charge is 2.47. The summed E-state index contributed by atoms with van der Waals surface area (Å²) in [6, 6.07) is 11.5. The topological polar surface area (TPSA) is 55.4 Å². The minimum absolute atomic E-state index is 0.0843. The molecule has 4 nitrogen and oxygen atoms in total. The molecule has 2 aromatic carbocycles. The number of halogens is 3. The number of Topliss-reactive ketones (excluding diaryl/α,β-unsaturated/α-hetero) is 2. The van der Waals surface area contributed by atoms with Crippen LogP contribution >= 0.6 is 43.5 Å². The normalized spacial score (nSPS) is 20.9. The average Bonchev–Trinajstić information content (AvgIpc) is 2.76. The smallest absolute Gasteiger partial charge is 0.162 e. The van der Waals surface area contributed by atoms with Crippen molar-refractivity contribution in [2.75, 3.05) is 0 Å². The lowest BCUT2D eigenvalue weighted by atomic mass is 9.64. The first kappa shape index (κ1) is 26.7. The Balaban J connectivity index is 1.69. The molecule has 2 aromatic rings. The van der Waals surface area contributed by atoms with Crippen LogP contribution in [-0.4, -0.2) is 11.6 Å². The highest BCUT2D eigenvalue weighted by Crippen LogP contribution is 2.53. The third-order valence-corrected chi connectivity index (χ3v) is 8.81. The Labute approximate surface area is 240 Å². The molecule has 7 heteroatoms. The van der Waals surface area contributed by atoms with Gasteiger partial charge < -0.3 is 10.1 Å². The van der Waals surface area contributed by atoms with Gasteiger partial charge in [0.05, 0.1) is 4.47 Å². The highest BCUT2D eigenvalue weighted by atomic mass is 79.9. The maximum atomic E-state index is 13.7. The van der Waals surface area contributed by atoms with Crippen molar-refractivity contribution in [2.45, 2.75) is 65.9 Å². The number of dihydropyridines is 1. The van der Waals surface area contributed by atoms with E-state index in [9.17, 15) is 9.59 Å². The van der Waals surface area contributed by atoms with Crippen molar-refractivity contribution in [1.82, 2.24) is 5.32 Å². The van der Waals surface area contributed by atoms with Gasteiger partial charge >= 0.3 is 0 Å². The summed E-state index contributed by atoms with van der Waals surface area (Å²) in [5, 5.41) is 4.21. The average molecular weight is 648 g/mol. The predicted molar refractivity (Wildman–Crippen MR) is 154 cm³/mol. The molecule has 1 aliphatic heterocycles. The van der Waals surface area contributed by atoms with Gasteiger partial charge in [0.25, 0.3) is 0 Å². The molecular weight excluding hydrogens is 618 g/mol. The number of rotatable bonds is 4. The first-order chi connectivity index (χ1) is 17.3. The van der Waals surface area contributed by atoms with Crippen LogP contribution < -0.4 is 10.1 Å². The SMILES string of the molecule is CC1(C)CC(=O)C2=C(C1)NC1=C(C(=O)CC(C)(C)C1)C2c1cc(Br)cc(Br)c1OCc1ccccc1Cl. The molecule has 0 saturated carbocycles. The van der Waals surface area contributed by atoms with Crippen molar-refractivity contribution in [3.05, 3.63) is 84.0 Å². The number of ether oxygens (including phenoxy) is 1. The van der Waals surface area contributed by atoms with Crippen LogP contribution in [0.4, 0.5) is 0 Å². The van der Waals surface area contributed by atoms with E-state index in [1.807, 2.05) is 36.4 Å². The molecule has 0 saturated heterocycles. The second-order valence-electron chi connectivity index (χ2n) is 11.9. The van der Waals surface area contributed by atoms with E-state index in [2.05, 4.69) is 64.9 Å². The predicted octanol–water partition coefficient (Wildman–Crippen LogP) is 8.42. The molecule has 0 aromatic heterocycles. The molecule has 0 atom stereocenters. The summed E-state index contributed by atoms with van der Waals surface area (Å²) in [6.45, 7) is 8.76. The van der Waals surface area contributed by atoms with Crippen molar-refractivity contribution in [2.24, 2.45) is 10.8 Å². The Bertz CT molecular complexity index is 1340. The van der Waals surface area contributed by atoms with Crippen LogP contribution in [0.2, 0.25) is 5.02 Å². The Morgan fingerprint density at radius 1 is 0.919 bits per heavy atom. The summed E-state index contributed by atoms with van der Waals surface area (Å²) < 4.78 is 8.01. The maximum Gasteiger partial charge on any atom is 0.162 e. The van der Waals surface area contributed by atoms with Crippen molar-refractivity contribution in [3.8, 4) is 5.75 Å². The van der Waals surface area contributed by atoms with E-state index < -0.39 is 5.92 Å². The fourth-order valence-corrected chi connectivity index (χ4v) is 7.48. The third kappa shape index (κ3) is 5.22. The second kappa shape index (κ2) is 9.69. The van der Waals surface area contributed by atoms with Gasteiger partial charge in [0.2, 0.25) is 0 Å². The number of ketones is 2. The largest absolute Gasteiger partial charge is 0.487 e. The van der Waals surface area contributed by atoms with Gasteiger partial charge in [0, 0.05) is 61.9 Å². The molecule has 0 spiro atoms. The zero-order valence-corrected chi connectivity index (χ0v) is 25.4. The number of nitrogens with one attached hydrogen (secondary N) is 1. The summed E-state index contributed by atoms with van der Waals surface area (Å²) in [4.78, 5) is 27.5. The number of carbonyl (C=O) groups is 2. The molecule has 0 radical (unpaired) electrons. The number of hydrogen-bond acceptors (Lipinski definition) is 4. The second-order valence-corrected chi connectivity index (χ2v) is 14.1. The van der Waals surface area contributed by atoms with Crippen LogP contribution in [0.3, 0.4) is 0 Å². The minimum Gasteiger partial charge on any atom is -0.487 e. The van der Waals surface area contributed by atoms with Gasteiger partial charge in [0.15, 0.2) is 11.6 Å². The van der Waals surface area contributed by atoms with Crippen LogP contribution in [-0.2, 0) is 16.2 Å². The first-order valence-electron chi connectivity index (χ1n) is 12.5. The summed E-state index contributed by atoms with van der Waals surface area (Å²) in [5.74, 6) is 0.291. The standard InChI is InChI=1S/C30H30Br2ClNO3/c1-29(2)11-21-26(23(35)13-29)25(27-22(34-21)12-30(3,4)14-24(27)36)18-9-17(31)10-19(32)28(18)37-15-16-7-5-6-8-20(16)33/h5-10,25,34H,11-15H2,1-4H3. The zero-order valence-electron chi connectivity index (χ0n) is 21.4. The lowest BCUT2D eigenvalue weighted by Crippen LogP contribution is -2.42. The van der Waals surface area contributed by atoms with E-state index in [4.69, 9.17) is 16.3 Å².